The molecule has 0 unspecified atom stereocenters. The molecule has 5 heteroatoms. The minimum atomic E-state index is -0.231. The number of benzene rings is 2. The minimum absolute atomic E-state index is 0.0528. The molecule has 0 bridgehead atoms. The highest BCUT2D eigenvalue weighted by atomic mass is 15.2. The molecule has 0 aliphatic heterocycles. The molecule has 0 heterocycles. The van der Waals surface area contributed by atoms with Crippen molar-refractivity contribution in [2.45, 2.75) is 19.3 Å². The van der Waals surface area contributed by atoms with Crippen molar-refractivity contribution in [3.8, 4) is 0 Å². The van der Waals surface area contributed by atoms with Crippen LogP contribution in [0.2, 0.25) is 0 Å². The first-order valence-corrected chi connectivity index (χ1v) is 7.68. The van der Waals surface area contributed by atoms with Crippen LogP contribution in [0, 0.1) is 10.8 Å². The molecular formula is C18H23N5. The van der Waals surface area contributed by atoms with Gasteiger partial charge < -0.3 is 11.1 Å². The molecule has 2 aromatic rings. The van der Waals surface area contributed by atoms with E-state index in [1.54, 1.807) is 0 Å². The van der Waals surface area contributed by atoms with Gasteiger partial charge in [0.2, 0.25) is 0 Å². The van der Waals surface area contributed by atoms with E-state index in [1.807, 2.05) is 6.07 Å². The average Bonchev–Trinajstić information content (AvgIpc) is 2.54. The lowest BCUT2D eigenvalue weighted by atomic mass is 10.0. The number of rotatable bonds is 6. The number of guanidine groups is 2. The third kappa shape index (κ3) is 6.22. The first-order valence-electron chi connectivity index (χ1n) is 7.68. The van der Waals surface area contributed by atoms with Gasteiger partial charge in [0.25, 0.3) is 0 Å². The zero-order valence-corrected chi connectivity index (χ0v) is 13.1. The summed E-state index contributed by atoms with van der Waals surface area (Å²) in [5, 5.41) is 19.8. The van der Waals surface area contributed by atoms with Crippen LogP contribution in [-0.4, -0.2) is 18.5 Å². The van der Waals surface area contributed by atoms with Crippen molar-refractivity contribution in [2.75, 3.05) is 6.54 Å². The topological polar surface area (TPSA) is 97.8 Å². The Morgan fingerprint density at radius 2 is 1.30 bits per heavy atom. The fourth-order valence-electron chi connectivity index (χ4n) is 2.32. The van der Waals surface area contributed by atoms with Gasteiger partial charge in [-0.3, -0.25) is 16.1 Å². The van der Waals surface area contributed by atoms with E-state index in [0.717, 1.165) is 19.3 Å². The van der Waals surface area contributed by atoms with Crippen LogP contribution in [-0.2, 0) is 19.3 Å². The van der Waals surface area contributed by atoms with E-state index >= 15 is 0 Å². The maximum absolute atomic E-state index is 7.51. The Balaban J connectivity index is 1.74. The van der Waals surface area contributed by atoms with Crippen molar-refractivity contribution in [3.05, 3.63) is 71.3 Å². The third-order valence-electron chi connectivity index (χ3n) is 3.54. The average molecular weight is 309 g/mol. The van der Waals surface area contributed by atoms with Gasteiger partial charge in [-0.25, -0.2) is 0 Å². The lowest BCUT2D eigenvalue weighted by Crippen LogP contribution is -2.43. The van der Waals surface area contributed by atoms with Gasteiger partial charge in [-0.1, -0.05) is 54.6 Å². The number of nitrogens with one attached hydrogen (secondary N) is 4. The molecule has 0 aliphatic carbocycles. The largest absolute Gasteiger partial charge is 0.370 e. The SMILES string of the molecule is N=C(N)NC(=N)NCCc1ccc(CCc2ccccc2)cc1. The molecular weight excluding hydrogens is 286 g/mol. The van der Waals surface area contributed by atoms with Crippen LogP contribution >= 0.6 is 0 Å². The quantitative estimate of drug-likeness (QED) is 0.417. The summed E-state index contributed by atoms with van der Waals surface area (Å²) in [4.78, 5) is 0. The van der Waals surface area contributed by atoms with Gasteiger partial charge in [0, 0.05) is 6.54 Å². The van der Waals surface area contributed by atoms with Crippen molar-refractivity contribution >= 4 is 11.9 Å². The Morgan fingerprint density at radius 1 is 0.783 bits per heavy atom. The molecule has 23 heavy (non-hydrogen) atoms. The van der Waals surface area contributed by atoms with Crippen molar-refractivity contribution in [3.63, 3.8) is 0 Å². The first-order chi connectivity index (χ1) is 11.1. The molecule has 0 atom stereocenters. The number of aryl methyl sites for hydroxylation is 2. The third-order valence-corrected chi connectivity index (χ3v) is 3.54. The molecule has 0 amide bonds. The minimum Gasteiger partial charge on any atom is -0.370 e. The van der Waals surface area contributed by atoms with Gasteiger partial charge in [-0.15, -0.1) is 0 Å². The van der Waals surface area contributed by atoms with E-state index in [-0.39, 0.29) is 11.9 Å². The molecule has 0 radical (unpaired) electrons. The Hall–Kier alpha value is -2.82. The smallest absolute Gasteiger partial charge is 0.195 e. The lowest BCUT2D eigenvalue weighted by molar-refractivity contribution is 0.840. The summed E-state index contributed by atoms with van der Waals surface area (Å²) in [6, 6.07) is 19.1. The molecule has 120 valence electrons. The van der Waals surface area contributed by atoms with E-state index in [1.165, 1.54) is 16.7 Å². The molecule has 2 aromatic carbocycles. The standard InChI is InChI=1S/C18H23N5/c19-17(20)23-18(21)22-13-12-16-10-8-15(9-11-16)7-6-14-4-2-1-3-5-14/h1-5,8-11H,6-7,12-13H2,(H6,19,20,21,22,23). The molecule has 0 spiro atoms. The first kappa shape index (κ1) is 16.5. The van der Waals surface area contributed by atoms with Crippen molar-refractivity contribution in [2.24, 2.45) is 5.73 Å². The lowest BCUT2D eigenvalue weighted by Gasteiger charge is -2.09. The van der Waals surface area contributed by atoms with E-state index < -0.39 is 0 Å². The van der Waals surface area contributed by atoms with Crippen LogP contribution in [0.3, 0.4) is 0 Å². The molecule has 0 saturated carbocycles. The number of nitrogens with two attached hydrogens (primary N) is 1. The highest BCUT2D eigenvalue weighted by molar-refractivity contribution is 5.94. The van der Waals surface area contributed by atoms with Gasteiger partial charge in [-0.2, -0.15) is 0 Å². The van der Waals surface area contributed by atoms with Crippen LogP contribution in [0.15, 0.2) is 54.6 Å². The van der Waals surface area contributed by atoms with Crippen molar-refractivity contribution < 1.29 is 0 Å². The van der Waals surface area contributed by atoms with E-state index in [0.29, 0.717) is 6.54 Å². The van der Waals surface area contributed by atoms with E-state index in [4.69, 9.17) is 16.6 Å². The summed E-state index contributed by atoms with van der Waals surface area (Å²) < 4.78 is 0. The van der Waals surface area contributed by atoms with Crippen LogP contribution in [0.4, 0.5) is 0 Å². The highest BCUT2D eigenvalue weighted by Crippen LogP contribution is 2.09. The number of hydrogen-bond donors (Lipinski definition) is 5. The van der Waals surface area contributed by atoms with Crippen LogP contribution in [0.5, 0.6) is 0 Å². The highest BCUT2D eigenvalue weighted by Gasteiger charge is 1.99. The fraction of sp³-hybridized carbons (Fsp3) is 0.222. The zero-order valence-electron chi connectivity index (χ0n) is 13.1. The zero-order chi connectivity index (χ0) is 16.5. The fourth-order valence-corrected chi connectivity index (χ4v) is 2.32. The Morgan fingerprint density at radius 3 is 1.87 bits per heavy atom. The van der Waals surface area contributed by atoms with Crippen LogP contribution in [0.25, 0.3) is 0 Å². The maximum atomic E-state index is 7.51. The van der Waals surface area contributed by atoms with Gasteiger partial charge in [-0.05, 0) is 36.0 Å². The van der Waals surface area contributed by atoms with Gasteiger partial charge in [0.05, 0.1) is 0 Å². The molecule has 0 aromatic heterocycles. The summed E-state index contributed by atoms with van der Waals surface area (Å²) in [5.74, 6) is -0.178. The monoisotopic (exact) mass is 309 g/mol. The van der Waals surface area contributed by atoms with Crippen molar-refractivity contribution in [1.29, 1.82) is 10.8 Å². The molecule has 6 N–H and O–H groups in total. The summed E-state index contributed by atoms with van der Waals surface area (Å²) in [7, 11) is 0. The van der Waals surface area contributed by atoms with Gasteiger partial charge in [0.15, 0.2) is 11.9 Å². The second-order valence-corrected chi connectivity index (χ2v) is 5.39. The maximum Gasteiger partial charge on any atom is 0.195 e. The molecule has 2 rings (SSSR count). The van der Waals surface area contributed by atoms with Crippen molar-refractivity contribution in [1.82, 2.24) is 10.6 Å². The second kappa shape index (κ2) is 8.58. The summed E-state index contributed by atoms with van der Waals surface area (Å²) in [6.07, 6.45) is 2.91. The van der Waals surface area contributed by atoms with E-state index in [9.17, 15) is 0 Å². The Bertz CT molecular complexity index is 634. The van der Waals surface area contributed by atoms with E-state index in [2.05, 4.69) is 59.2 Å². The van der Waals surface area contributed by atoms with Gasteiger partial charge in [0.1, 0.15) is 0 Å². The summed E-state index contributed by atoms with van der Waals surface area (Å²) >= 11 is 0. The molecule has 0 fully saturated rings. The predicted octanol–water partition coefficient (Wildman–Crippen LogP) is 2.02. The Labute approximate surface area is 136 Å². The molecule has 5 nitrogen and oxygen atoms in total. The van der Waals surface area contributed by atoms with Gasteiger partial charge >= 0.3 is 0 Å². The molecule has 0 saturated heterocycles. The van der Waals surface area contributed by atoms with Crippen LogP contribution < -0.4 is 16.4 Å². The molecule has 0 aliphatic rings. The summed E-state index contributed by atoms with van der Waals surface area (Å²) in [5.41, 5.74) is 9.06. The van der Waals surface area contributed by atoms with Crippen LogP contribution in [0.1, 0.15) is 16.7 Å². The predicted molar refractivity (Wildman–Crippen MR) is 94.8 cm³/mol. The normalized spacial score (nSPS) is 10.1. The summed E-state index contributed by atoms with van der Waals surface area (Å²) in [6.45, 7) is 0.627. The number of hydrogen-bond acceptors (Lipinski definition) is 2. The Kier molecular flexibility index (Phi) is 6.17. The second-order valence-electron chi connectivity index (χ2n) is 5.39.